The molecule has 0 aliphatic heterocycles. The number of rotatable bonds is 8. The van der Waals surface area contributed by atoms with Crippen molar-refractivity contribution in [3.63, 3.8) is 0 Å². The summed E-state index contributed by atoms with van der Waals surface area (Å²) in [5.41, 5.74) is 2.44. The summed E-state index contributed by atoms with van der Waals surface area (Å²) in [6.07, 6.45) is 2.06. The molecule has 1 heterocycles. The maximum atomic E-state index is 12.4. The van der Waals surface area contributed by atoms with E-state index in [-0.39, 0.29) is 0 Å². The van der Waals surface area contributed by atoms with Gasteiger partial charge in [0, 0.05) is 38.6 Å². The fraction of sp³-hybridized carbons (Fsp3) is 0.389. The summed E-state index contributed by atoms with van der Waals surface area (Å²) < 4.78 is 26.5. The number of nitrogens with zero attached hydrogens (tertiary/aromatic N) is 2. The molecule has 9 heteroatoms. The predicted molar refractivity (Wildman–Crippen MR) is 115 cm³/mol. The highest BCUT2D eigenvalue weighted by molar-refractivity contribution is 7.98. The highest BCUT2D eigenvalue weighted by Gasteiger charge is 2.21. The third-order valence-electron chi connectivity index (χ3n) is 3.99. The standard InChI is InChI=1S/C18H26N4O2S3/c1-14-7-8-15(16(12-14)25-4)13-21-18(19-2)20-9-10-22(3)27(23,24)17-6-5-11-26-17/h5-8,11-12H,9-10,13H2,1-4H3,(H2,19,20,21). The lowest BCUT2D eigenvalue weighted by atomic mass is 10.1. The molecule has 0 amide bonds. The van der Waals surface area contributed by atoms with E-state index in [0.29, 0.717) is 29.8 Å². The predicted octanol–water partition coefficient (Wildman–Crippen LogP) is 2.76. The zero-order valence-electron chi connectivity index (χ0n) is 16.0. The van der Waals surface area contributed by atoms with Crippen molar-refractivity contribution in [1.29, 1.82) is 0 Å². The SMILES string of the molecule is CN=C(NCCN(C)S(=O)(=O)c1cccs1)NCc1ccc(C)cc1SC. The summed E-state index contributed by atoms with van der Waals surface area (Å²) in [6.45, 7) is 3.54. The van der Waals surface area contributed by atoms with Crippen molar-refractivity contribution in [2.24, 2.45) is 4.99 Å². The Morgan fingerprint density at radius 1 is 1.30 bits per heavy atom. The van der Waals surface area contributed by atoms with Crippen LogP contribution < -0.4 is 10.6 Å². The molecule has 2 aromatic rings. The lowest BCUT2D eigenvalue weighted by Gasteiger charge is -2.18. The van der Waals surface area contributed by atoms with Gasteiger partial charge in [0.1, 0.15) is 4.21 Å². The highest BCUT2D eigenvalue weighted by Crippen LogP contribution is 2.21. The Kier molecular flexibility index (Phi) is 8.15. The molecule has 0 aliphatic rings. The third-order valence-corrected chi connectivity index (χ3v) is 8.04. The molecule has 1 aromatic carbocycles. The minimum absolute atomic E-state index is 0.349. The Morgan fingerprint density at radius 2 is 2.07 bits per heavy atom. The van der Waals surface area contributed by atoms with Crippen LogP contribution in [-0.2, 0) is 16.6 Å². The molecular formula is C18H26N4O2S3. The summed E-state index contributed by atoms with van der Waals surface area (Å²) in [7, 11) is -0.132. The van der Waals surface area contributed by atoms with Crippen LogP contribution in [0.3, 0.4) is 0 Å². The Labute approximate surface area is 170 Å². The van der Waals surface area contributed by atoms with E-state index in [9.17, 15) is 8.42 Å². The molecule has 27 heavy (non-hydrogen) atoms. The number of guanidine groups is 1. The van der Waals surface area contributed by atoms with E-state index < -0.39 is 10.0 Å². The van der Waals surface area contributed by atoms with E-state index in [0.717, 1.165) is 0 Å². The second-order valence-electron chi connectivity index (χ2n) is 5.93. The van der Waals surface area contributed by atoms with Crippen LogP contribution in [0.1, 0.15) is 11.1 Å². The van der Waals surface area contributed by atoms with Crippen LogP contribution in [0.4, 0.5) is 0 Å². The lowest BCUT2D eigenvalue weighted by Crippen LogP contribution is -2.41. The van der Waals surface area contributed by atoms with E-state index in [2.05, 4.69) is 47.0 Å². The topological polar surface area (TPSA) is 73.8 Å². The molecule has 0 saturated heterocycles. The lowest BCUT2D eigenvalue weighted by molar-refractivity contribution is 0.471. The number of hydrogen-bond donors (Lipinski definition) is 2. The highest BCUT2D eigenvalue weighted by atomic mass is 32.2. The first kappa shape index (κ1) is 21.7. The summed E-state index contributed by atoms with van der Waals surface area (Å²) >= 11 is 2.94. The van der Waals surface area contributed by atoms with Crippen molar-refractivity contribution in [2.75, 3.05) is 33.4 Å². The van der Waals surface area contributed by atoms with Gasteiger partial charge in [-0.15, -0.1) is 23.1 Å². The van der Waals surface area contributed by atoms with E-state index in [1.54, 1.807) is 43.4 Å². The van der Waals surface area contributed by atoms with Crippen molar-refractivity contribution in [2.45, 2.75) is 22.6 Å². The summed E-state index contributed by atoms with van der Waals surface area (Å²) in [5, 5.41) is 8.21. The van der Waals surface area contributed by atoms with Crippen LogP contribution in [0.5, 0.6) is 0 Å². The van der Waals surface area contributed by atoms with Crippen LogP contribution in [0.15, 0.2) is 49.8 Å². The second kappa shape index (κ2) is 10.1. The fourth-order valence-electron chi connectivity index (χ4n) is 2.41. The van der Waals surface area contributed by atoms with Gasteiger partial charge in [0.2, 0.25) is 0 Å². The van der Waals surface area contributed by atoms with E-state index >= 15 is 0 Å². The molecule has 2 N–H and O–H groups in total. The molecule has 0 unspecified atom stereocenters. The normalized spacial score (nSPS) is 12.4. The van der Waals surface area contributed by atoms with Gasteiger partial charge in [-0.3, -0.25) is 4.99 Å². The van der Waals surface area contributed by atoms with Crippen molar-refractivity contribution in [3.05, 3.63) is 46.8 Å². The number of benzene rings is 1. The zero-order chi connectivity index (χ0) is 19.9. The van der Waals surface area contributed by atoms with Gasteiger partial charge in [0.25, 0.3) is 10.0 Å². The number of likely N-dealkylation sites (N-methyl/N-ethyl adjacent to an activating group) is 1. The van der Waals surface area contributed by atoms with Gasteiger partial charge >= 0.3 is 0 Å². The van der Waals surface area contributed by atoms with Crippen molar-refractivity contribution in [3.8, 4) is 0 Å². The molecule has 0 saturated carbocycles. The van der Waals surface area contributed by atoms with Gasteiger partial charge in [-0.2, -0.15) is 4.31 Å². The average Bonchev–Trinajstić information content (AvgIpc) is 3.20. The summed E-state index contributed by atoms with van der Waals surface area (Å²) in [4.78, 5) is 5.44. The number of sulfonamides is 1. The van der Waals surface area contributed by atoms with Crippen LogP contribution in [0.25, 0.3) is 0 Å². The molecule has 0 fully saturated rings. The number of aliphatic imine (C=N–C) groups is 1. The van der Waals surface area contributed by atoms with Crippen molar-refractivity contribution < 1.29 is 8.42 Å². The summed E-state index contributed by atoms with van der Waals surface area (Å²) in [5.74, 6) is 0.643. The van der Waals surface area contributed by atoms with Crippen LogP contribution in [-0.4, -0.2) is 52.1 Å². The molecule has 0 bridgehead atoms. The monoisotopic (exact) mass is 426 g/mol. The quantitative estimate of drug-likeness (QED) is 0.386. The minimum atomic E-state index is -3.42. The van der Waals surface area contributed by atoms with Gasteiger partial charge in [-0.05, 0) is 41.8 Å². The number of nitrogens with one attached hydrogen (secondary N) is 2. The fourth-order valence-corrected chi connectivity index (χ4v) is 5.49. The first-order valence-electron chi connectivity index (χ1n) is 8.46. The minimum Gasteiger partial charge on any atom is -0.355 e. The second-order valence-corrected chi connectivity index (χ2v) is 9.99. The largest absolute Gasteiger partial charge is 0.355 e. The molecule has 2 rings (SSSR count). The van der Waals surface area contributed by atoms with Gasteiger partial charge in [-0.25, -0.2) is 8.42 Å². The average molecular weight is 427 g/mol. The molecular weight excluding hydrogens is 400 g/mol. The Morgan fingerprint density at radius 3 is 2.70 bits per heavy atom. The maximum absolute atomic E-state index is 12.4. The maximum Gasteiger partial charge on any atom is 0.252 e. The number of aryl methyl sites for hydroxylation is 1. The van der Waals surface area contributed by atoms with Gasteiger partial charge < -0.3 is 10.6 Å². The molecule has 0 atom stereocenters. The van der Waals surface area contributed by atoms with Crippen LogP contribution >= 0.6 is 23.1 Å². The van der Waals surface area contributed by atoms with Gasteiger partial charge in [-0.1, -0.05) is 18.2 Å². The number of thioether (sulfide) groups is 1. The first-order valence-corrected chi connectivity index (χ1v) is 12.0. The van der Waals surface area contributed by atoms with Crippen molar-refractivity contribution >= 4 is 39.1 Å². The Bertz CT molecular complexity index is 865. The molecule has 1 aromatic heterocycles. The Balaban J connectivity index is 1.86. The first-order chi connectivity index (χ1) is 12.9. The Hall–Kier alpha value is -1.55. The number of hydrogen-bond acceptors (Lipinski definition) is 5. The van der Waals surface area contributed by atoms with Gasteiger partial charge in [0.15, 0.2) is 5.96 Å². The van der Waals surface area contributed by atoms with E-state index in [1.807, 2.05) is 0 Å². The number of thiophene rings is 1. The van der Waals surface area contributed by atoms with Crippen LogP contribution in [0, 0.1) is 6.92 Å². The van der Waals surface area contributed by atoms with E-state index in [4.69, 9.17) is 0 Å². The molecule has 0 radical (unpaired) electrons. The molecule has 148 valence electrons. The zero-order valence-corrected chi connectivity index (χ0v) is 18.5. The van der Waals surface area contributed by atoms with Crippen LogP contribution in [0.2, 0.25) is 0 Å². The smallest absolute Gasteiger partial charge is 0.252 e. The van der Waals surface area contributed by atoms with E-state index in [1.165, 1.54) is 31.7 Å². The van der Waals surface area contributed by atoms with Gasteiger partial charge in [0.05, 0.1) is 0 Å². The third kappa shape index (κ3) is 5.97. The molecule has 6 nitrogen and oxygen atoms in total. The summed E-state index contributed by atoms with van der Waals surface area (Å²) in [6, 6.07) is 9.74. The molecule has 0 spiro atoms. The van der Waals surface area contributed by atoms with Crippen molar-refractivity contribution in [1.82, 2.24) is 14.9 Å². The molecule has 0 aliphatic carbocycles.